The first kappa shape index (κ1) is 20.9. The van der Waals surface area contributed by atoms with Crippen LogP contribution in [0.2, 0.25) is 5.02 Å². The number of aromatic nitrogens is 1. The van der Waals surface area contributed by atoms with Crippen LogP contribution in [0.4, 0.5) is 23.7 Å². The average Bonchev–Trinajstić information content (AvgIpc) is 2.90. The minimum Gasteiger partial charge on any atom is -0.406 e. The third-order valence-electron chi connectivity index (χ3n) is 4.94. The van der Waals surface area contributed by atoms with Gasteiger partial charge in [0, 0.05) is 18.0 Å². The van der Waals surface area contributed by atoms with Crippen molar-refractivity contribution < 1.29 is 27.5 Å². The van der Waals surface area contributed by atoms with Crippen molar-refractivity contribution in [1.82, 2.24) is 10.3 Å². The summed E-state index contributed by atoms with van der Waals surface area (Å²) >= 11 is 6.33. The Morgan fingerprint density at radius 1 is 1.13 bits per heavy atom. The lowest BCUT2D eigenvalue weighted by Gasteiger charge is -2.23. The highest BCUT2D eigenvalue weighted by Gasteiger charge is 2.48. The van der Waals surface area contributed by atoms with Gasteiger partial charge >= 0.3 is 12.4 Å². The summed E-state index contributed by atoms with van der Waals surface area (Å²) in [5.41, 5.74) is 0.217. The molecule has 3 aromatic rings. The summed E-state index contributed by atoms with van der Waals surface area (Å²) in [6.07, 6.45) is -3.10. The van der Waals surface area contributed by atoms with Gasteiger partial charge in [-0.05, 0) is 55.0 Å². The van der Waals surface area contributed by atoms with Gasteiger partial charge < -0.3 is 10.1 Å². The summed E-state index contributed by atoms with van der Waals surface area (Å²) in [4.78, 5) is 30.9. The Bertz CT molecular complexity index is 1180. The van der Waals surface area contributed by atoms with E-state index in [9.17, 15) is 22.8 Å². The van der Waals surface area contributed by atoms with Crippen LogP contribution in [0.15, 0.2) is 54.7 Å². The molecule has 1 N–H and O–H groups in total. The van der Waals surface area contributed by atoms with E-state index in [1.54, 1.807) is 37.4 Å². The first-order valence-electron chi connectivity index (χ1n) is 9.12. The number of nitrogens with one attached hydrogen (secondary N) is 1. The van der Waals surface area contributed by atoms with Gasteiger partial charge in [-0.15, -0.1) is 13.2 Å². The number of hydrogen-bond acceptors (Lipinski definition) is 4. The molecule has 10 heteroatoms. The number of imide groups is 1. The van der Waals surface area contributed by atoms with Crippen LogP contribution in [0.3, 0.4) is 0 Å². The molecule has 1 aliphatic rings. The number of amides is 3. The Labute approximate surface area is 179 Å². The molecule has 4 rings (SSSR count). The van der Waals surface area contributed by atoms with Crippen molar-refractivity contribution in [3.63, 3.8) is 0 Å². The maximum atomic E-state index is 13.2. The average molecular weight is 450 g/mol. The molecule has 0 aliphatic carbocycles. The fourth-order valence-corrected chi connectivity index (χ4v) is 3.88. The summed E-state index contributed by atoms with van der Waals surface area (Å²) < 4.78 is 40.9. The van der Waals surface area contributed by atoms with Gasteiger partial charge in [0.25, 0.3) is 5.91 Å². The smallest absolute Gasteiger partial charge is 0.406 e. The molecule has 1 atom stereocenters. The van der Waals surface area contributed by atoms with E-state index in [4.69, 9.17) is 11.6 Å². The van der Waals surface area contributed by atoms with Gasteiger partial charge in [0.1, 0.15) is 11.3 Å². The summed E-state index contributed by atoms with van der Waals surface area (Å²) in [5.74, 6) is -0.997. The highest BCUT2D eigenvalue weighted by Crippen LogP contribution is 2.33. The van der Waals surface area contributed by atoms with Crippen LogP contribution in [0.25, 0.3) is 10.9 Å². The lowest BCUT2D eigenvalue weighted by atomic mass is 9.91. The maximum Gasteiger partial charge on any atom is 0.573 e. The molecule has 160 valence electrons. The van der Waals surface area contributed by atoms with Gasteiger partial charge in [0.05, 0.1) is 16.2 Å². The number of urea groups is 1. The van der Waals surface area contributed by atoms with E-state index in [0.29, 0.717) is 15.9 Å². The van der Waals surface area contributed by atoms with Crippen molar-refractivity contribution in [3.8, 4) is 5.75 Å². The Hall–Kier alpha value is -3.33. The lowest BCUT2D eigenvalue weighted by molar-refractivity contribution is -0.274. The van der Waals surface area contributed by atoms with E-state index < -0.39 is 29.6 Å². The highest BCUT2D eigenvalue weighted by atomic mass is 35.5. The van der Waals surface area contributed by atoms with E-state index in [-0.39, 0.29) is 12.1 Å². The van der Waals surface area contributed by atoms with Crippen LogP contribution < -0.4 is 15.0 Å². The van der Waals surface area contributed by atoms with E-state index in [2.05, 4.69) is 15.0 Å². The van der Waals surface area contributed by atoms with Gasteiger partial charge in [-0.1, -0.05) is 17.7 Å². The summed E-state index contributed by atoms with van der Waals surface area (Å²) in [5, 5.41) is 3.83. The van der Waals surface area contributed by atoms with Crippen molar-refractivity contribution in [1.29, 1.82) is 0 Å². The number of pyridine rings is 1. The topological polar surface area (TPSA) is 71.5 Å². The van der Waals surface area contributed by atoms with Gasteiger partial charge in [0.15, 0.2) is 0 Å². The minimum atomic E-state index is -4.84. The fraction of sp³-hybridized carbons (Fsp3) is 0.190. The second-order valence-electron chi connectivity index (χ2n) is 7.23. The SMILES string of the molecule is CC1(Cc2ccnc3cccc(Cl)c23)NC(=O)N(c2ccc(OC(F)(F)F)cc2)C1=O. The zero-order valence-corrected chi connectivity index (χ0v) is 16.8. The van der Waals surface area contributed by atoms with Gasteiger partial charge in [-0.25, -0.2) is 9.69 Å². The van der Waals surface area contributed by atoms with Crippen LogP contribution in [-0.4, -0.2) is 28.8 Å². The number of benzene rings is 2. The Morgan fingerprint density at radius 3 is 2.52 bits per heavy atom. The third-order valence-corrected chi connectivity index (χ3v) is 5.25. The summed E-state index contributed by atoms with van der Waals surface area (Å²) in [6, 6.07) is 10.8. The number of alkyl halides is 3. The van der Waals surface area contributed by atoms with Gasteiger partial charge in [-0.2, -0.15) is 0 Å². The summed E-state index contributed by atoms with van der Waals surface area (Å²) in [6.45, 7) is 1.58. The Balaban J connectivity index is 1.62. The molecule has 2 heterocycles. The number of carbonyl (C=O) groups excluding carboxylic acids is 2. The van der Waals surface area contributed by atoms with E-state index in [1.165, 1.54) is 12.1 Å². The zero-order chi connectivity index (χ0) is 22.4. The number of anilines is 1. The normalized spacial score (nSPS) is 19.1. The first-order valence-corrected chi connectivity index (χ1v) is 9.50. The third kappa shape index (κ3) is 4.00. The maximum absolute atomic E-state index is 13.2. The standard InChI is InChI=1S/C21H15ClF3N3O3/c1-20(11-12-9-10-26-16-4-2-3-15(22)17(12)16)18(29)28(19(30)27-20)13-5-7-14(8-6-13)31-21(23,24)25/h2-10H,11H2,1H3,(H,27,30). The van der Waals surface area contributed by atoms with E-state index in [1.807, 2.05) is 0 Å². The number of ether oxygens (including phenoxy) is 1. The molecule has 6 nitrogen and oxygen atoms in total. The predicted octanol–water partition coefficient (Wildman–Crippen LogP) is 4.84. The molecule has 1 aliphatic heterocycles. The van der Waals surface area contributed by atoms with Gasteiger partial charge in [-0.3, -0.25) is 9.78 Å². The molecule has 31 heavy (non-hydrogen) atoms. The highest BCUT2D eigenvalue weighted by molar-refractivity contribution is 6.35. The van der Waals surface area contributed by atoms with Crippen molar-refractivity contribution in [3.05, 3.63) is 65.3 Å². The number of hydrogen-bond donors (Lipinski definition) is 1. The molecule has 0 radical (unpaired) electrons. The number of rotatable bonds is 4. The lowest BCUT2D eigenvalue weighted by Crippen LogP contribution is -2.46. The Kier molecular flexibility index (Phi) is 5.01. The quantitative estimate of drug-likeness (QED) is 0.578. The molecular formula is C21H15ClF3N3O3. The summed E-state index contributed by atoms with van der Waals surface area (Å²) in [7, 11) is 0. The first-order chi connectivity index (χ1) is 14.6. The van der Waals surface area contributed by atoms with Gasteiger partial charge in [0.2, 0.25) is 0 Å². The molecule has 0 bridgehead atoms. The van der Waals surface area contributed by atoms with Crippen LogP contribution in [0.1, 0.15) is 12.5 Å². The molecular weight excluding hydrogens is 435 g/mol. The number of halogens is 4. The van der Waals surface area contributed by atoms with Crippen LogP contribution in [0, 0.1) is 0 Å². The number of fused-ring (bicyclic) bond motifs is 1. The number of carbonyl (C=O) groups is 2. The van der Waals surface area contributed by atoms with Crippen molar-refractivity contribution in [2.45, 2.75) is 25.2 Å². The van der Waals surface area contributed by atoms with Crippen LogP contribution in [0.5, 0.6) is 5.75 Å². The van der Waals surface area contributed by atoms with E-state index >= 15 is 0 Å². The Morgan fingerprint density at radius 2 is 1.84 bits per heavy atom. The molecule has 1 unspecified atom stereocenters. The predicted molar refractivity (Wildman–Crippen MR) is 108 cm³/mol. The molecule has 1 fully saturated rings. The number of nitrogens with zero attached hydrogens (tertiary/aromatic N) is 2. The van der Waals surface area contributed by atoms with Crippen molar-refractivity contribution in [2.24, 2.45) is 0 Å². The van der Waals surface area contributed by atoms with E-state index in [0.717, 1.165) is 22.6 Å². The largest absolute Gasteiger partial charge is 0.573 e. The molecule has 0 saturated carbocycles. The van der Waals surface area contributed by atoms with Crippen molar-refractivity contribution in [2.75, 3.05) is 4.90 Å². The second-order valence-corrected chi connectivity index (χ2v) is 7.63. The zero-order valence-electron chi connectivity index (χ0n) is 16.0. The van der Waals surface area contributed by atoms with Crippen LogP contribution in [-0.2, 0) is 11.2 Å². The molecule has 1 saturated heterocycles. The fourth-order valence-electron chi connectivity index (χ4n) is 3.59. The molecule has 0 spiro atoms. The minimum absolute atomic E-state index is 0.123. The monoisotopic (exact) mass is 449 g/mol. The molecule has 2 aromatic carbocycles. The van der Waals surface area contributed by atoms with Crippen molar-refractivity contribution >= 4 is 40.1 Å². The van der Waals surface area contributed by atoms with Crippen LogP contribution >= 0.6 is 11.6 Å². The second kappa shape index (κ2) is 7.42. The molecule has 1 aromatic heterocycles. The molecule has 3 amide bonds.